The van der Waals surface area contributed by atoms with E-state index in [1.165, 1.54) is 12.1 Å². The Labute approximate surface area is 189 Å². The Kier molecular flexibility index (Phi) is 7.53. The molecule has 0 bridgehead atoms. The fraction of sp³-hybridized carbons (Fsp3) is 0.240. The maximum Gasteiger partial charge on any atom is 0.261 e. The van der Waals surface area contributed by atoms with Crippen LogP contribution in [0.15, 0.2) is 71.6 Å². The topological polar surface area (TPSA) is 84.5 Å². The molecule has 0 spiro atoms. The van der Waals surface area contributed by atoms with E-state index in [0.29, 0.717) is 23.5 Å². The van der Waals surface area contributed by atoms with Gasteiger partial charge in [-0.15, -0.1) is 0 Å². The monoisotopic (exact) mass is 452 g/mol. The van der Waals surface area contributed by atoms with Crippen LogP contribution in [0.3, 0.4) is 0 Å². The van der Waals surface area contributed by atoms with Crippen LogP contribution >= 0.6 is 0 Å². The zero-order valence-electron chi connectivity index (χ0n) is 18.5. The standard InChI is InChI=1S/C25H28N2O4S/c1-4-5-17-31-22-13-9-20(10-14-22)25(28)26-21-11-15-23(16-12-21)32(29,30)27-24-18(2)7-6-8-19(24)3/h6-16,27H,4-5,17H2,1-3H3,(H,26,28). The van der Waals surface area contributed by atoms with Crippen LogP contribution < -0.4 is 14.8 Å². The SMILES string of the molecule is CCCCOc1ccc(C(=O)Nc2ccc(S(=O)(=O)Nc3c(C)cccc3C)cc2)cc1. The van der Waals surface area contributed by atoms with Crippen LogP contribution in [0.1, 0.15) is 41.3 Å². The molecule has 0 unspecified atom stereocenters. The van der Waals surface area contributed by atoms with Gasteiger partial charge in [0, 0.05) is 11.3 Å². The number of carbonyl (C=O) groups is 1. The summed E-state index contributed by atoms with van der Waals surface area (Å²) in [6.07, 6.45) is 2.04. The Morgan fingerprint density at radius 3 is 2.12 bits per heavy atom. The number of anilines is 2. The molecule has 3 aromatic rings. The van der Waals surface area contributed by atoms with Crippen molar-refractivity contribution in [3.05, 3.63) is 83.4 Å². The van der Waals surface area contributed by atoms with Gasteiger partial charge in [-0.3, -0.25) is 9.52 Å². The number of carbonyl (C=O) groups excluding carboxylic acids is 1. The first kappa shape index (κ1) is 23.3. The van der Waals surface area contributed by atoms with E-state index in [9.17, 15) is 13.2 Å². The highest BCUT2D eigenvalue weighted by Crippen LogP contribution is 2.24. The van der Waals surface area contributed by atoms with Crippen molar-refractivity contribution in [3.63, 3.8) is 0 Å². The van der Waals surface area contributed by atoms with Crippen molar-refractivity contribution in [2.75, 3.05) is 16.6 Å². The zero-order valence-corrected chi connectivity index (χ0v) is 19.3. The van der Waals surface area contributed by atoms with E-state index >= 15 is 0 Å². The third-order valence-electron chi connectivity index (χ3n) is 5.02. The lowest BCUT2D eigenvalue weighted by Gasteiger charge is -2.13. The lowest BCUT2D eigenvalue weighted by atomic mass is 10.1. The number of hydrogen-bond acceptors (Lipinski definition) is 4. The summed E-state index contributed by atoms with van der Waals surface area (Å²) in [6, 6.07) is 18.6. The van der Waals surface area contributed by atoms with E-state index in [1.54, 1.807) is 36.4 Å². The number of hydrogen-bond donors (Lipinski definition) is 2. The van der Waals surface area contributed by atoms with E-state index in [-0.39, 0.29) is 10.8 Å². The van der Waals surface area contributed by atoms with Crippen LogP contribution in [0.5, 0.6) is 5.75 Å². The molecule has 0 fully saturated rings. The van der Waals surface area contributed by atoms with Gasteiger partial charge in [-0.1, -0.05) is 31.5 Å². The molecule has 0 radical (unpaired) electrons. The fourth-order valence-corrected chi connectivity index (χ4v) is 4.33. The molecule has 3 aromatic carbocycles. The molecule has 3 rings (SSSR count). The highest BCUT2D eigenvalue weighted by atomic mass is 32.2. The minimum Gasteiger partial charge on any atom is -0.494 e. The van der Waals surface area contributed by atoms with Gasteiger partial charge in [-0.2, -0.15) is 0 Å². The smallest absolute Gasteiger partial charge is 0.261 e. The van der Waals surface area contributed by atoms with Crippen molar-refractivity contribution in [1.29, 1.82) is 0 Å². The van der Waals surface area contributed by atoms with Crippen LogP contribution in [0, 0.1) is 13.8 Å². The van der Waals surface area contributed by atoms with Crippen molar-refractivity contribution < 1.29 is 17.9 Å². The Balaban J connectivity index is 1.65. The number of sulfonamides is 1. The Hall–Kier alpha value is -3.32. The quantitative estimate of drug-likeness (QED) is 0.418. The fourth-order valence-electron chi connectivity index (χ4n) is 3.13. The van der Waals surface area contributed by atoms with Crippen molar-refractivity contribution in [2.24, 2.45) is 0 Å². The van der Waals surface area contributed by atoms with Crippen molar-refractivity contribution in [1.82, 2.24) is 0 Å². The largest absolute Gasteiger partial charge is 0.494 e. The van der Waals surface area contributed by atoms with Gasteiger partial charge in [0.25, 0.3) is 15.9 Å². The maximum atomic E-state index is 12.8. The molecule has 2 N–H and O–H groups in total. The summed E-state index contributed by atoms with van der Waals surface area (Å²) in [5.74, 6) is 0.440. The molecule has 0 saturated carbocycles. The summed E-state index contributed by atoms with van der Waals surface area (Å²) in [5.41, 5.74) is 3.26. The van der Waals surface area contributed by atoms with Gasteiger partial charge < -0.3 is 10.1 Å². The lowest BCUT2D eigenvalue weighted by Crippen LogP contribution is -2.15. The summed E-state index contributed by atoms with van der Waals surface area (Å²) in [5, 5.41) is 2.78. The molecule has 0 aliphatic rings. The lowest BCUT2D eigenvalue weighted by molar-refractivity contribution is 0.102. The number of amides is 1. The summed E-state index contributed by atoms with van der Waals surface area (Å²) < 4.78 is 33.8. The highest BCUT2D eigenvalue weighted by Gasteiger charge is 2.17. The summed E-state index contributed by atoms with van der Waals surface area (Å²) in [6.45, 7) is 6.46. The molecule has 0 saturated heterocycles. The number of rotatable bonds is 9. The van der Waals surface area contributed by atoms with Crippen molar-refractivity contribution >= 4 is 27.3 Å². The second-order valence-electron chi connectivity index (χ2n) is 7.58. The first-order chi connectivity index (χ1) is 15.3. The average Bonchev–Trinajstić information content (AvgIpc) is 2.77. The zero-order chi connectivity index (χ0) is 23.1. The molecule has 6 nitrogen and oxygen atoms in total. The second-order valence-corrected chi connectivity index (χ2v) is 9.26. The van der Waals surface area contributed by atoms with E-state index in [2.05, 4.69) is 17.0 Å². The van der Waals surface area contributed by atoms with Gasteiger partial charge in [0.2, 0.25) is 0 Å². The second kappa shape index (κ2) is 10.3. The molecule has 0 heterocycles. The predicted molar refractivity (Wildman–Crippen MR) is 128 cm³/mol. The van der Waals surface area contributed by atoms with E-state index < -0.39 is 10.0 Å². The van der Waals surface area contributed by atoms with Crippen LogP contribution in [0.4, 0.5) is 11.4 Å². The number of nitrogens with one attached hydrogen (secondary N) is 2. The summed E-state index contributed by atoms with van der Waals surface area (Å²) in [7, 11) is -3.75. The molecule has 0 aliphatic heterocycles. The van der Waals surface area contributed by atoms with Crippen LogP contribution in [-0.4, -0.2) is 20.9 Å². The minimum absolute atomic E-state index is 0.117. The number of para-hydroxylation sites is 1. The van der Waals surface area contributed by atoms with Gasteiger partial charge in [0.15, 0.2) is 0 Å². The average molecular weight is 453 g/mol. The van der Waals surface area contributed by atoms with Gasteiger partial charge >= 0.3 is 0 Å². The van der Waals surface area contributed by atoms with Gasteiger partial charge in [0.05, 0.1) is 17.2 Å². The molecule has 0 atom stereocenters. The van der Waals surface area contributed by atoms with E-state index in [0.717, 1.165) is 29.7 Å². The van der Waals surface area contributed by atoms with Crippen LogP contribution in [0.2, 0.25) is 0 Å². The predicted octanol–water partition coefficient (Wildman–Crippen LogP) is 5.54. The third kappa shape index (κ3) is 5.88. The molecule has 0 aliphatic carbocycles. The van der Waals surface area contributed by atoms with Crippen molar-refractivity contribution in [2.45, 2.75) is 38.5 Å². The van der Waals surface area contributed by atoms with E-state index in [4.69, 9.17) is 4.74 Å². The van der Waals surface area contributed by atoms with Crippen molar-refractivity contribution in [3.8, 4) is 5.75 Å². The summed E-state index contributed by atoms with van der Waals surface area (Å²) >= 11 is 0. The Morgan fingerprint density at radius 1 is 0.906 bits per heavy atom. The first-order valence-corrected chi connectivity index (χ1v) is 12.0. The molecule has 32 heavy (non-hydrogen) atoms. The van der Waals surface area contributed by atoms with Gasteiger partial charge in [-0.05, 0) is 79.9 Å². The molecule has 7 heteroatoms. The molecular weight excluding hydrogens is 424 g/mol. The van der Waals surface area contributed by atoms with Crippen LogP contribution in [0.25, 0.3) is 0 Å². The van der Waals surface area contributed by atoms with E-state index in [1.807, 2.05) is 32.0 Å². The van der Waals surface area contributed by atoms with Gasteiger partial charge in [-0.25, -0.2) is 8.42 Å². The molecule has 168 valence electrons. The number of unbranched alkanes of at least 4 members (excludes halogenated alkanes) is 1. The molecule has 1 amide bonds. The minimum atomic E-state index is -3.75. The Bertz CT molecular complexity index is 1150. The third-order valence-corrected chi connectivity index (χ3v) is 6.39. The normalized spacial score (nSPS) is 11.1. The first-order valence-electron chi connectivity index (χ1n) is 10.5. The Morgan fingerprint density at radius 2 is 1.53 bits per heavy atom. The van der Waals surface area contributed by atoms with Gasteiger partial charge in [0.1, 0.15) is 5.75 Å². The highest BCUT2D eigenvalue weighted by molar-refractivity contribution is 7.92. The molecule has 0 aromatic heterocycles. The number of benzene rings is 3. The number of aryl methyl sites for hydroxylation is 2. The molecular formula is C25H28N2O4S. The maximum absolute atomic E-state index is 12.8. The van der Waals surface area contributed by atoms with Crippen LogP contribution in [-0.2, 0) is 10.0 Å². The summed E-state index contributed by atoms with van der Waals surface area (Å²) in [4.78, 5) is 12.6. The number of ether oxygens (including phenoxy) is 1.